The predicted octanol–water partition coefficient (Wildman–Crippen LogP) is 2.16. The van der Waals surface area contributed by atoms with E-state index in [1.807, 2.05) is 0 Å². The molecule has 0 radical (unpaired) electrons. The molecular weight excluding hydrogens is 299 g/mol. The van der Waals surface area contributed by atoms with Crippen molar-refractivity contribution in [3.8, 4) is 5.75 Å². The molecule has 0 aromatic heterocycles. The molecule has 126 valence electrons. The molecular formula is C17H23FN2O3. The van der Waals surface area contributed by atoms with Crippen molar-refractivity contribution in [3.63, 3.8) is 0 Å². The Balaban J connectivity index is 1.61. The summed E-state index contributed by atoms with van der Waals surface area (Å²) in [5.74, 6) is 0.222. The Labute approximate surface area is 135 Å². The fourth-order valence-electron chi connectivity index (χ4n) is 3.88. The first-order valence-electron chi connectivity index (χ1n) is 8.08. The second-order valence-electron chi connectivity index (χ2n) is 6.41. The molecule has 2 bridgehead atoms. The van der Waals surface area contributed by atoms with Crippen molar-refractivity contribution < 1.29 is 18.7 Å². The average Bonchev–Trinajstić information content (AvgIpc) is 3.10. The SMILES string of the molecule is COCCOc1ccc(NC(=O)C2C3CCC(C3)C2N)cc1F. The zero-order valence-electron chi connectivity index (χ0n) is 13.3. The average molecular weight is 322 g/mol. The highest BCUT2D eigenvalue weighted by atomic mass is 19.1. The number of hydrogen-bond donors (Lipinski definition) is 2. The Morgan fingerprint density at radius 3 is 2.78 bits per heavy atom. The number of carbonyl (C=O) groups excluding carboxylic acids is 1. The summed E-state index contributed by atoms with van der Waals surface area (Å²) < 4.78 is 24.1. The molecule has 0 saturated heterocycles. The van der Waals surface area contributed by atoms with Crippen LogP contribution < -0.4 is 15.8 Å². The molecule has 6 heteroatoms. The Bertz CT molecular complexity index is 579. The second kappa shape index (κ2) is 6.84. The highest BCUT2D eigenvalue weighted by molar-refractivity contribution is 5.93. The van der Waals surface area contributed by atoms with Gasteiger partial charge in [0.15, 0.2) is 11.6 Å². The molecule has 0 spiro atoms. The first-order chi connectivity index (χ1) is 11.1. The van der Waals surface area contributed by atoms with Crippen molar-refractivity contribution >= 4 is 11.6 Å². The number of amides is 1. The summed E-state index contributed by atoms with van der Waals surface area (Å²) in [4.78, 5) is 12.5. The minimum atomic E-state index is -0.504. The Kier molecular flexibility index (Phi) is 4.82. The van der Waals surface area contributed by atoms with Gasteiger partial charge in [-0.15, -0.1) is 0 Å². The lowest BCUT2D eigenvalue weighted by Gasteiger charge is -2.27. The third-order valence-corrected chi connectivity index (χ3v) is 5.03. The molecule has 4 unspecified atom stereocenters. The number of nitrogens with one attached hydrogen (secondary N) is 1. The summed E-state index contributed by atoms with van der Waals surface area (Å²) >= 11 is 0. The third kappa shape index (κ3) is 3.33. The smallest absolute Gasteiger partial charge is 0.229 e. The molecule has 3 rings (SSSR count). The van der Waals surface area contributed by atoms with E-state index in [0.717, 1.165) is 19.3 Å². The predicted molar refractivity (Wildman–Crippen MR) is 84.7 cm³/mol. The van der Waals surface area contributed by atoms with Crippen molar-refractivity contribution in [1.82, 2.24) is 0 Å². The molecule has 2 aliphatic rings. The van der Waals surface area contributed by atoms with Crippen molar-refractivity contribution in [2.24, 2.45) is 23.5 Å². The lowest BCUT2D eigenvalue weighted by atomic mass is 9.84. The summed E-state index contributed by atoms with van der Waals surface area (Å²) in [6, 6.07) is 4.36. The van der Waals surface area contributed by atoms with Crippen LogP contribution >= 0.6 is 0 Å². The van der Waals surface area contributed by atoms with E-state index in [4.69, 9.17) is 15.2 Å². The van der Waals surface area contributed by atoms with Crippen molar-refractivity contribution in [2.75, 3.05) is 25.6 Å². The zero-order valence-corrected chi connectivity index (χ0v) is 13.3. The number of anilines is 1. The lowest BCUT2D eigenvalue weighted by molar-refractivity contribution is -0.121. The van der Waals surface area contributed by atoms with Crippen LogP contribution in [0.5, 0.6) is 5.75 Å². The quantitative estimate of drug-likeness (QED) is 0.787. The fraction of sp³-hybridized carbons (Fsp3) is 0.588. The maximum atomic E-state index is 14.0. The number of halogens is 1. The van der Waals surface area contributed by atoms with Crippen molar-refractivity contribution in [3.05, 3.63) is 24.0 Å². The van der Waals surface area contributed by atoms with Crippen LogP contribution in [0.15, 0.2) is 18.2 Å². The van der Waals surface area contributed by atoms with Crippen LogP contribution in [-0.2, 0) is 9.53 Å². The lowest BCUT2D eigenvalue weighted by Crippen LogP contribution is -2.42. The maximum Gasteiger partial charge on any atom is 0.229 e. The summed E-state index contributed by atoms with van der Waals surface area (Å²) in [7, 11) is 1.55. The van der Waals surface area contributed by atoms with Gasteiger partial charge in [-0.25, -0.2) is 4.39 Å². The van der Waals surface area contributed by atoms with Gasteiger partial charge in [0.1, 0.15) is 6.61 Å². The van der Waals surface area contributed by atoms with E-state index >= 15 is 0 Å². The van der Waals surface area contributed by atoms with Gasteiger partial charge < -0.3 is 20.5 Å². The molecule has 5 nitrogen and oxygen atoms in total. The first-order valence-corrected chi connectivity index (χ1v) is 8.08. The second-order valence-corrected chi connectivity index (χ2v) is 6.41. The van der Waals surface area contributed by atoms with Gasteiger partial charge in [0.05, 0.1) is 12.5 Å². The van der Waals surface area contributed by atoms with Gasteiger partial charge >= 0.3 is 0 Å². The van der Waals surface area contributed by atoms with Crippen LogP contribution in [0, 0.1) is 23.6 Å². The summed E-state index contributed by atoms with van der Waals surface area (Å²) in [6.45, 7) is 0.666. The molecule has 3 N–H and O–H groups in total. The summed E-state index contributed by atoms with van der Waals surface area (Å²) in [5.41, 5.74) is 6.61. The van der Waals surface area contributed by atoms with Crippen LogP contribution in [0.4, 0.5) is 10.1 Å². The fourth-order valence-corrected chi connectivity index (χ4v) is 3.88. The van der Waals surface area contributed by atoms with Crippen molar-refractivity contribution in [1.29, 1.82) is 0 Å². The topological polar surface area (TPSA) is 73.6 Å². The molecule has 4 atom stereocenters. The number of benzene rings is 1. The molecule has 2 aliphatic carbocycles. The number of hydrogen-bond acceptors (Lipinski definition) is 4. The molecule has 23 heavy (non-hydrogen) atoms. The van der Waals surface area contributed by atoms with E-state index in [1.54, 1.807) is 13.2 Å². The minimum absolute atomic E-state index is 0.0738. The monoisotopic (exact) mass is 322 g/mol. The number of carbonyl (C=O) groups is 1. The van der Waals surface area contributed by atoms with E-state index in [1.165, 1.54) is 12.1 Å². The number of rotatable bonds is 6. The van der Waals surface area contributed by atoms with Gasteiger partial charge in [-0.2, -0.15) is 0 Å². The normalized spacial score (nSPS) is 28.8. The van der Waals surface area contributed by atoms with Crippen LogP contribution in [0.2, 0.25) is 0 Å². The van der Waals surface area contributed by atoms with Gasteiger partial charge in [-0.1, -0.05) is 0 Å². The highest BCUT2D eigenvalue weighted by Gasteiger charge is 2.49. The van der Waals surface area contributed by atoms with E-state index in [0.29, 0.717) is 24.1 Å². The summed E-state index contributed by atoms with van der Waals surface area (Å²) in [5, 5.41) is 2.80. The number of methoxy groups -OCH3 is 1. The largest absolute Gasteiger partial charge is 0.488 e. The van der Waals surface area contributed by atoms with E-state index in [2.05, 4.69) is 5.32 Å². The maximum absolute atomic E-state index is 14.0. The summed E-state index contributed by atoms with van der Waals surface area (Å²) in [6.07, 6.45) is 3.23. The molecule has 2 saturated carbocycles. The zero-order chi connectivity index (χ0) is 16.4. The molecule has 0 heterocycles. The van der Waals surface area contributed by atoms with Gasteiger partial charge in [0.2, 0.25) is 5.91 Å². The van der Waals surface area contributed by atoms with Crippen molar-refractivity contribution in [2.45, 2.75) is 25.3 Å². The molecule has 1 aromatic rings. The van der Waals surface area contributed by atoms with E-state index in [9.17, 15) is 9.18 Å². The molecule has 1 amide bonds. The van der Waals surface area contributed by atoms with E-state index < -0.39 is 5.82 Å². The van der Waals surface area contributed by atoms with Gasteiger partial charge in [-0.05, 0) is 43.2 Å². The van der Waals surface area contributed by atoms with Crippen LogP contribution in [0.25, 0.3) is 0 Å². The number of nitrogens with two attached hydrogens (primary N) is 1. The van der Waals surface area contributed by atoms with Gasteiger partial charge in [0, 0.05) is 24.9 Å². The standard InChI is InChI=1S/C17H23FN2O3/c1-22-6-7-23-14-5-4-12(9-13(14)18)20-17(21)15-10-2-3-11(8-10)16(15)19/h4-5,9-11,15-16H,2-3,6-8,19H2,1H3,(H,20,21). The molecule has 0 aliphatic heterocycles. The van der Waals surface area contributed by atoms with Crippen LogP contribution in [0.1, 0.15) is 19.3 Å². The highest BCUT2D eigenvalue weighted by Crippen LogP contribution is 2.47. The van der Waals surface area contributed by atoms with Crippen LogP contribution in [0.3, 0.4) is 0 Å². The van der Waals surface area contributed by atoms with Crippen LogP contribution in [-0.4, -0.2) is 32.3 Å². The first kappa shape index (κ1) is 16.2. The molecule has 1 aromatic carbocycles. The Hall–Kier alpha value is -1.66. The van der Waals surface area contributed by atoms with E-state index in [-0.39, 0.29) is 30.2 Å². The van der Waals surface area contributed by atoms with Gasteiger partial charge in [-0.3, -0.25) is 4.79 Å². The molecule has 2 fully saturated rings. The number of ether oxygens (including phenoxy) is 2. The third-order valence-electron chi connectivity index (χ3n) is 5.03. The Morgan fingerprint density at radius 1 is 1.35 bits per heavy atom. The minimum Gasteiger partial charge on any atom is -0.488 e. The van der Waals surface area contributed by atoms with Gasteiger partial charge in [0.25, 0.3) is 0 Å². The number of fused-ring (bicyclic) bond motifs is 2. The Morgan fingerprint density at radius 2 is 2.13 bits per heavy atom.